The van der Waals surface area contributed by atoms with Crippen molar-refractivity contribution in [3.63, 3.8) is 0 Å². The van der Waals surface area contributed by atoms with Crippen LogP contribution in [0.4, 0.5) is 18.9 Å². The van der Waals surface area contributed by atoms with Crippen molar-refractivity contribution in [1.29, 1.82) is 0 Å². The van der Waals surface area contributed by atoms with E-state index < -0.39 is 23.4 Å². The van der Waals surface area contributed by atoms with E-state index in [9.17, 15) is 18.0 Å². The van der Waals surface area contributed by atoms with E-state index in [4.69, 9.17) is 0 Å². The minimum Gasteiger partial charge on any atom is -0.325 e. The fourth-order valence-electron chi connectivity index (χ4n) is 1.75. The van der Waals surface area contributed by atoms with Crippen LogP contribution >= 0.6 is 11.8 Å². The Bertz CT molecular complexity index is 862. The Morgan fingerprint density at radius 2 is 1.96 bits per heavy atom. The molecule has 0 aliphatic heterocycles. The topological polar surface area (TPSA) is 72.2 Å². The summed E-state index contributed by atoms with van der Waals surface area (Å²) >= 11 is 1.12. The van der Waals surface area contributed by atoms with E-state index in [2.05, 4.69) is 20.6 Å². The highest BCUT2D eigenvalue weighted by Crippen LogP contribution is 2.19. The summed E-state index contributed by atoms with van der Waals surface area (Å²) in [7, 11) is 0. The van der Waals surface area contributed by atoms with E-state index in [-0.39, 0.29) is 11.4 Å². The Kier molecular flexibility index (Phi) is 4.15. The van der Waals surface area contributed by atoms with Gasteiger partial charge in [0.25, 0.3) is 0 Å². The summed E-state index contributed by atoms with van der Waals surface area (Å²) in [5.41, 5.74) is 0.408. The number of hydrogen-bond donors (Lipinski definition) is 1. The molecule has 0 atom stereocenters. The van der Waals surface area contributed by atoms with Crippen LogP contribution in [0.3, 0.4) is 0 Å². The fraction of sp³-hybridized carbons (Fsp3) is 0.0769. The highest BCUT2D eigenvalue weighted by molar-refractivity contribution is 7.99. The minimum atomic E-state index is -1.58. The number of aromatic nitrogens is 4. The van der Waals surface area contributed by atoms with Crippen molar-refractivity contribution < 1.29 is 18.0 Å². The van der Waals surface area contributed by atoms with Gasteiger partial charge in [-0.3, -0.25) is 4.79 Å². The van der Waals surface area contributed by atoms with E-state index in [1.807, 2.05) is 0 Å². The molecule has 0 fully saturated rings. The molecule has 0 radical (unpaired) electrons. The summed E-state index contributed by atoms with van der Waals surface area (Å²) in [5.74, 6) is -4.86. The van der Waals surface area contributed by atoms with Gasteiger partial charge in [-0.2, -0.15) is 9.61 Å². The molecule has 118 valence electrons. The smallest absolute Gasteiger partial charge is 0.234 e. The number of anilines is 1. The van der Waals surface area contributed by atoms with Crippen molar-refractivity contribution in [2.24, 2.45) is 0 Å². The van der Waals surface area contributed by atoms with E-state index in [1.54, 1.807) is 12.1 Å². The number of amides is 1. The van der Waals surface area contributed by atoms with Gasteiger partial charge >= 0.3 is 0 Å². The number of benzene rings is 1. The van der Waals surface area contributed by atoms with Crippen LogP contribution in [-0.2, 0) is 4.79 Å². The molecule has 23 heavy (non-hydrogen) atoms. The third-order valence-corrected chi connectivity index (χ3v) is 3.68. The number of fused-ring (bicyclic) bond motifs is 1. The average molecular weight is 339 g/mol. The molecule has 0 aliphatic rings. The van der Waals surface area contributed by atoms with Crippen molar-refractivity contribution in [3.8, 4) is 0 Å². The van der Waals surface area contributed by atoms with Gasteiger partial charge in [-0.05, 0) is 12.1 Å². The number of nitrogens with zero attached hydrogens (tertiary/aromatic N) is 4. The molecule has 0 spiro atoms. The summed E-state index contributed by atoms with van der Waals surface area (Å²) in [4.78, 5) is 11.8. The lowest BCUT2D eigenvalue weighted by Crippen LogP contribution is -2.15. The van der Waals surface area contributed by atoms with Crippen LogP contribution in [0, 0.1) is 17.5 Å². The monoisotopic (exact) mass is 339 g/mol. The first-order valence-corrected chi connectivity index (χ1v) is 7.26. The van der Waals surface area contributed by atoms with Gasteiger partial charge in [0.15, 0.2) is 23.1 Å². The van der Waals surface area contributed by atoms with Crippen molar-refractivity contribution in [2.45, 2.75) is 5.03 Å². The maximum atomic E-state index is 13.1. The van der Waals surface area contributed by atoms with Gasteiger partial charge in [0, 0.05) is 17.8 Å². The van der Waals surface area contributed by atoms with Gasteiger partial charge in [0.2, 0.25) is 5.91 Å². The largest absolute Gasteiger partial charge is 0.325 e. The van der Waals surface area contributed by atoms with Gasteiger partial charge in [0.05, 0.1) is 5.75 Å². The van der Waals surface area contributed by atoms with Crippen molar-refractivity contribution in [2.75, 3.05) is 11.1 Å². The first-order valence-electron chi connectivity index (χ1n) is 6.27. The fourth-order valence-corrected chi connectivity index (χ4v) is 2.41. The molecule has 3 rings (SSSR count). The number of nitrogens with one attached hydrogen (secondary N) is 1. The number of thioether (sulfide) groups is 1. The zero-order valence-corrected chi connectivity index (χ0v) is 12.1. The third kappa shape index (κ3) is 3.42. The summed E-state index contributed by atoms with van der Waals surface area (Å²) in [6.45, 7) is 0. The van der Waals surface area contributed by atoms with E-state index in [0.29, 0.717) is 22.8 Å². The molecule has 0 aliphatic carbocycles. The highest BCUT2D eigenvalue weighted by atomic mass is 32.2. The second-order valence-corrected chi connectivity index (χ2v) is 5.39. The molecule has 0 bridgehead atoms. The zero-order valence-electron chi connectivity index (χ0n) is 11.3. The molecule has 1 N–H and O–H groups in total. The molecule has 1 amide bonds. The molecular weight excluding hydrogens is 331 g/mol. The number of hydrogen-bond acceptors (Lipinski definition) is 5. The Hall–Kier alpha value is -2.62. The molecular formula is C13H8F3N5OS. The number of rotatable bonds is 4. The molecule has 1 aromatic carbocycles. The first-order chi connectivity index (χ1) is 11.0. The summed E-state index contributed by atoms with van der Waals surface area (Å²) in [6.07, 6.45) is 1.42. The van der Waals surface area contributed by atoms with E-state index >= 15 is 0 Å². The van der Waals surface area contributed by atoms with Crippen molar-refractivity contribution in [3.05, 3.63) is 48.0 Å². The number of halogens is 3. The van der Waals surface area contributed by atoms with Crippen LogP contribution in [-0.4, -0.2) is 31.5 Å². The van der Waals surface area contributed by atoms with Gasteiger partial charge in [-0.15, -0.1) is 10.2 Å². The molecule has 10 heteroatoms. The molecule has 0 saturated carbocycles. The summed E-state index contributed by atoms with van der Waals surface area (Å²) in [6, 6.07) is 4.77. The summed E-state index contributed by atoms with van der Waals surface area (Å²) in [5, 5.41) is 14.5. The van der Waals surface area contributed by atoms with Crippen molar-refractivity contribution >= 4 is 29.0 Å². The Morgan fingerprint density at radius 3 is 2.70 bits per heavy atom. The Labute approximate surface area is 131 Å². The first kappa shape index (κ1) is 15.3. The molecule has 6 nitrogen and oxygen atoms in total. The number of carbonyl (C=O) groups excluding carboxylic acids is 1. The predicted octanol–water partition coefficient (Wildman–Crippen LogP) is 2.27. The Balaban J connectivity index is 1.63. The average Bonchev–Trinajstić information content (AvgIpc) is 2.98. The molecule has 2 aromatic heterocycles. The van der Waals surface area contributed by atoms with Gasteiger partial charge in [0.1, 0.15) is 11.4 Å². The molecule has 0 saturated heterocycles. The van der Waals surface area contributed by atoms with Crippen LogP contribution in [0.5, 0.6) is 0 Å². The summed E-state index contributed by atoms with van der Waals surface area (Å²) < 4.78 is 40.4. The molecule has 0 unspecified atom stereocenters. The molecule has 3 aromatic rings. The third-order valence-electron chi connectivity index (χ3n) is 2.76. The second kappa shape index (κ2) is 6.24. The van der Waals surface area contributed by atoms with Crippen LogP contribution in [0.25, 0.3) is 5.65 Å². The standard InChI is InChI=1S/C13H8F3N5OS/c14-8-3-7(4-9(15)13(8)16)18-11(22)5-23-12-2-1-10-19-17-6-21(10)20-12/h1-4,6H,5H2,(H,18,22). The Morgan fingerprint density at radius 1 is 1.22 bits per heavy atom. The lowest BCUT2D eigenvalue weighted by atomic mass is 10.3. The van der Waals surface area contributed by atoms with Gasteiger partial charge in [-0.25, -0.2) is 13.2 Å². The van der Waals surface area contributed by atoms with Crippen LogP contribution < -0.4 is 5.32 Å². The SMILES string of the molecule is O=C(CSc1ccc2nncn2n1)Nc1cc(F)c(F)c(F)c1. The van der Waals surface area contributed by atoms with E-state index in [1.165, 1.54) is 10.8 Å². The second-order valence-electron chi connectivity index (χ2n) is 4.40. The predicted molar refractivity (Wildman–Crippen MR) is 76.5 cm³/mol. The maximum Gasteiger partial charge on any atom is 0.234 e. The van der Waals surface area contributed by atoms with Crippen molar-refractivity contribution in [1.82, 2.24) is 19.8 Å². The van der Waals surface area contributed by atoms with Crippen LogP contribution in [0.1, 0.15) is 0 Å². The highest BCUT2D eigenvalue weighted by Gasteiger charge is 2.12. The lowest BCUT2D eigenvalue weighted by Gasteiger charge is -2.06. The van der Waals surface area contributed by atoms with Gasteiger partial charge in [-0.1, -0.05) is 11.8 Å². The lowest BCUT2D eigenvalue weighted by molar-refractivity contribution is -0.113. The molecule has 2 heterocycles. The number of carbonyl (C=O) groups is 1. The van der Waals surface area contributed by atoms with Crippen LogP contribution in [0.2, 0.25) is 0 Å². The zero-order chi connectivity index (χ0) is 16.4. The maximum absolute atomic E-state index is 13.1. The minimum absolute atomic E-state index is 0.0404. The van der Waals surface area contributed by atoms with Crippen LogP contribution in [0.15, 0.2) is 35.6 Å². The van der Waals surface area contributed by atoms with Gasteiger partial charge < -0.3 is 5.32 Å². The normalized spacial score (nSPS) is 10.9. The quantitative estimate of drug-likeness (QED) is 0.583. The van der Waals surface area contributed by atoms with E-state index in [0.717, 1.165) is 11.8 Å².